The lowest BCUT2D eigenvalue weighted by Gasteiger charge is -2.34. The van der Waals surface area contributed by atoms with Crippen molar-refractivity contribution in [1.82, 2.24) is 14.1 Å². The second-order valence-corrected chi connectivity index (χ2v) is 9.77. The van der Waals surface area contributed by atoms with Gasteiger partial charge < -0.3 is 14.4 Å². The van der Waals surface area contributed by atoms with Crippen LogP contribution in [-0.4, -0.2) is 86.2 Å². The van der Waals surface area contributed by atoms with Gasteiger partial charge in [0.2, 0.25) is 15.9 Å². The van der Waals surface area contributed by atoms with Crippen LogP contribution in [0, 0.1) is 0 Å². The minimum absolute atomic E-state index is 0.0950. The number of imide groups is 1. The van der Waals surface area contributed by atoms with Crippen molar-refractivity contribution in [3.05, 3.63) is 53.6 Å². The van der Waals surface area contributed by atoms with E-state index in [1.54, 1.807) is 30.3 Å². The molecule has 0 N–H and O–H groups in total. The molecule has 33 heavy (non-hydrogen) atoms. The average Bonchev–Trinajstić information content (AvgIpc) is 3.08. The van der Waals surface area contributed by atoms with Crippen molar-refractivity contribution in [1.29, 1.82) is 0 Å². The lowest BCUT2D eigenvalue weighted by molar-refractivity contribution is -0.132. The highest BCUT2D eigenvalue weighted by atomic mass is 32.2. The molecule has 3 heterocycles. The molecule has 0 saturated carbocycles. The molecule has 0 aromatic heterocycles. The Morgan fingerprint density at radius 1 is 0.848 bits per heavy atom. The summed E-state index contributed by atoms with van der Waals surface area (Å²) in [7, 11) is -3.78. The average molecular weight is 471 g/mol. The molecule has 0 unspecified atom stereocenters. The van der Waals surface area contributed by atoms with E-state index in [0.29, 0.717) is 24.7 Å². The van der Waals surface area contributed by atoms with Crippen molar-refractivity contribution in [3.63, 3.8) is 0 Å². The van der Waals surface area contributed by atoms with Gasteiger partial charge in [0.1, 0.15) is 19.8 Å². The van der Waals surface area contributed by atoms with E-state index in [2.05, 4.69) is 0 Å². The maximum absolute atomic E-state index is 13.1. The molecule has 1 saturated heterocycles. The normalized spacial score (nSPS) is 18.4. The van der Waals surface area contributed by atoms with Crippen LogP contribution >= 0.6 is 0 Å². The van der Waals surface area contributed by atoms with Crippen LogP contribution in [0.1, 0.15) is 20.7 Å². The first-order chi connectivity index (χ1) is 15.9. The van der Waals surface area contributed by atoms with Crippen LogP contribution in [0.25, 0.3) is 0 Å². The molecule has 0 bridgehead atoms. The first-order valence-corrected chi connectivity index (χ1v) is 11.9. The molecule has 1 fully saturated rings. The Kier molecular flexibility index (Phi) is 5.29. The van der Waals surface area contributed by atoms with Crippen molar-refractivity contribution >= 4 is 27.7 Å². The van der Waals surface area contributed by atoms with E-state index >= 15 is 0 Å². The van der Waals surface area contributed by atoms with Crippen LogP contribution in [0.4, 0.5) is 0 Å². The molecule has 0 spiro atoms. The van der Waals surface area contributed by atoms with E-state index in [4.69, 9.17) is 9.47 Å². The number of fused-ring (bicyclic) bond motifs is 2. The number of carbonyl (C=O) groups excluding carboxylic acids is 3. The minimum atomic E-state index is -3.78. The molecule has 10 nitrogen and oxygen atoms in total. The SMILES string of the molecule is O=C(CN1C(=O)c2ccccc2C1=O)N1CCN(S(=O)(=O)c2ccc3c(c2)OCCO3)CC1. The lowest BCUT2D eigenvalue weighted by Crippen LogP contribution is -2.53. The fourth-order valence-electron chi connectivity index (χ4n) is 4.13. The minimum Gasteiger partial charge on any atom is -0.486 e. The highest BCUT2D eigenvalue weighted by Crippen LogP contribution is 2.33. The van der Waals surface area contributed by atoms with Crippen molar-refractivity contribution in [2.24, 2.45) is 0 Å². The van der Waals surface area contributed by atoms with Gasteiger partial charge in [-0.05, 0) is 24.3 Å². The second kappa shape index (κ2) is 8.16. The number of piperazine rings is 1. The summed E-state index contributed by atoms with van der Waals surface area (Å²) in [6.07, 6.45) is 0. The molecular formula is C22H21N3O7S. The van der Waals surface area contributed by atoms with Gasteiger partial charge in [0.05, 0.1) is 16.0 Å². The van der Waals surface area contributed by atoms with Crippen molar-refractivity contribution < 1.29 is 32.3 Å². The number of ether oxygens (including phenoxy) is 2. The molecule has 0 atom stereocenters. The van der Waals surface area contributed by atoms with Gasteiger partial charge in [0.15, 0.2) is 11.5 Å². The Hall–Kier alpha value is -3.44. The van der Waals surface area contributed by atoms with Crippen LogP contribution in [0.2, 0.25) is 0 Å². The Balaban J connectivity index is 1.23. The van der Waals surface area contributed by atoms with Gasteiger partial charge in [0.25, 0.3) is 11.8 Å². The van der Waals surface area contributed by atoms with Gasteiger partial charge in [-0.1, -0.05) is 12.1 Å². The molecule has 0 radical (unpaired) electrons. The van der Waals surface area contributed by atoms with Crippen LogP contribution in [0.3, 0.4) is 0 Å². The number of sulfonamides is 1. The summed E-state index contributed by atoms with van der Waals surface area (Å²) in [6.45, 7) is 0.911. The lowest BCUT2D eigenvalue weighted by atomic mass is 10.1. The maximum atomic E-state index is 13.1. The van der Waals surface area contributed by atoms with Crippen LogP contribution in [0.5, 0.6) is 11.5 Å². The van der Waals surface area contributed by atoms with Gasteiger partial charge in [0, 0.05) is 32.2 Å². The molecule has 5 rings (SSSR count). The molecule has 3 amide bonds. The third-order valence-corrected chi connectivity index (χ3v) is 7.81. The second-order valence-electron chi connectivity index (χ2n) is 7.83. The highest BCUT2D eigenvalue weighted by molar-refractivity contribution is 7.89. The van der Waals surface area contributed by atoms with E-state index in [-0.39, 0.29) is 48.7 Å². The number of rotatable bonds is 4. The fraction of sp³-hybridized carbons (Fsp3) is 0.318. The van der Waals surface area contributed by atoms with Crippen LogP contribution in [0.15, 0.2) is 47.4 Å². The van der Waals surface area contributed by atoms with Gasteiger partial charge in [-0.15, -0.1) is 0 Å². The number of carbonyl (C=O) groups is 3. The molecule has 0 aliphatic carbocycles. The van der Waals surface area contributed by atoms with Gasteiger partial charge in [-0.25, -0.2) is 8.42 Å². The smallest absolute Gasteiger partial charge is 0.262 e. The summed E-state index contributed by atoms with van der Waals surface area (Å²) in [5.74, 6) is -0.505. The zero-order chi connectivity index (χ0) is 23.2. The molecule has 3 aliphatic rings. The summed E-state index contributed by atoms with van der Waals surface area (Å²) in [5.41, 5.74) is 0.566. The summed E-state index contributed by atoms with van der Waals surface area (Å²) < 4.78 is 38.4. The summed E-state index contributed by atoms with van der Waals surface area (Å²) in [4.78, 5) is 40.3. The molecule has 3 aliphatic heterocycles. The van der Waals surface area contributed by atoms with E-state index in [9.17, 15) is 22.8 Å². The third-order valence-electron chi connectivity index (χ3n) is 5.91. The standard InChI is InChI=1S/C22H21N3O7S/c26-20(14-25-21(27)16-3-1-2-4-17(16)22(25)28)23-7-9-24(10-8-23)33(29,30)15-5-6-18-19(13-15)32-12-11-31-18/h1-6,13H,7-12,14H2. The fourth-order valence-corrected chi connectivity index (χ4v) is 5.57. The monoisotopic (exact) mass is 471 g/mol. The van der Waals surface area contributed by atoms with E-state index < -0.39 is 27.7 Å². The van der Waals surface area contributed by atoms with Crippen molar-refractivity contribution in [2.45, 2.75) is 4.90 Å². The van der Waals surface area contributed by atoms with Gasteiger partial charge in [-0.2, -0.15) is 4.31 Å². The summed E-state index contributed by atoms with van der Waals surface area (Å²) in [6, 6.07) is 10.9. The Labute approximate surface area is 190 Å². The molecular weight excluding hydrogens is 450 g/mol. The van der Waals surface area contributed by atoms with E-state index in [1.807, 2.05) is 0 Å². The van der Waals surface area contributed by atoms with Crippen molar-refractivity contribution in [2.75, 3.05) is 45.9 Å². The first kappa shape index (κ1) is 21.4. The first-order valence-electron chi connectivity index (χ1n) is 10.5. The number of nitrogens with zero attached hydrogens (tertiary/aromatic N) is 3. The highest BCUT2D eigenvalue weighted by Gasteiger charge is 2.38. The number of hydrogen-bond acceptors (Lipinski definition) is 7. The molecule has 172 valence electrons. The number of benzene rings is 2. The van der Waals surface area contributed by atoms with E-state index in [1.165, 1.54) is 21.3 Å². The molecule has 11 heteroatoms. The van der Waals surface area contributed by atoms with Gasteiger partial charge >= 0.3 is 0 Å². The summed E-state index contributed by atoms with van der Waals surface area (Å²) in [5, 5.41) is 0. The van der Waals surface area contributed by atoms with Crippen LogP contribution in [-0.2, 0) is 14.8 Å². The zero-order valence-electron chi connectivity index (χ0n) is 17.6. The molecule has 2 aromatic carbocycles. The Bertz CT molecular complexity index is 1220. The Morgan fingerprint density at radius 3 is 2.09 bits per heavy atom. The quantitative estimate of drug-likeness (QED) is 0.600. The predicted octanol–water partition coefficient (Wildman–Crippen LogP) is 0.587. The Morgan fingerprint density at radius 2 is 1.45 bits per heavy atom. The van der Waals surface area contributed by atoms with Crippen LogP contribution < -0.4 is 9.47 Å². The number of amides is 3. The largest absolute Gasteiger partial charge is 0.486 e. The molecule has 2 aromatic rings. The summed E-state index contributed by atoms with van der Waals surface area (Å²) >= 11 is 0. The predicted molar refractivity (Wildman–Crippen MR) is 115 cm³/mol. The number of hydrogen-bond donors (Lipinski definition) is 0. The third kappa shape index (κ3) is 3.72. The van der Waals surface area contributed by atoms with E-state index in [0.717, 1.165) is 4.90 Å². The van der Waals surface area contributed by atoms with Crippen molar-refractivity contribution in [3.8, 4) is 11.5 Å². The maximum Gasteiger partial charge on any atom is 0.262 e. The van der Waals surface area contributed by atoms with Gasteiger partial charge in [-0.3, -0.25) is 19.3 Å². The topological polar surface area (TPSA) is 114 Å². The zero-order valence-corrected chi connectivity index (χ0v) is 18.4.